The Bertz CT molecular complexity index is 1030. The van der Waals surface area contributed by atoms with E-state index < -0.39 is 17.6 Å². The lowest BCUT2D eigenvalue weighted by Crippen LogP contribution is -2.20. The maximum Gasteiger partial charge on any atom is 0.419 e. The van der Waals surface area contributed by atoms with Gasteiger partial charge in [0.15, 0.2) is 0 Å². The van der Waals surface area contributed by atoms with Crippen molar-refractivity contribution in [2.75, 3.05) is 5.32 Å². The molecule has 27 heavy (non-hydrogen) atoms. The van der Waals surface area contributed by atoms with Crippen molar-refractivity contribution >= 4 is 22.7 Å². The molecule has 0 saturated carbocycles. The first-order valence-electron chi connectivity index (χ1n) is 8.30. The van der Waals surface area contributed by atoms with Crippen molar-refractivity contribution in [3.05, 3.63) is 58.3 Å². The van der Waals surface area contributed by atoms with E-state index in [9.17, 15) is 22.4 Å². The fraction of sp³-hybridized carbons (Fsp3) is 0.278. The predicted molar refractivity (Wildman–Crippen MR) is 93.4 cm³/mol. The van der Waals surface area contributed by atoms with Gasteiger partial charge in [0, 0.05) is 29.9 Å². The van der Waals surface area contributed by atoms with E-state index in [1.165, 1.54) is 16.8 Å². The van der Waals surface area contributed by atoms with Crippen LogP contribution in [0.25, 0.3) is 11.0 Å². The second-order valence-electron chi connectivity index (χ2n) is 5.97. The fourth-order valence-electron chi connectivity index (χ4n) is 2.61. The fourth-order valence-corrected chi connectivity index (χ4v) is 2.61. The summed E-state index contributed by atoms with van der Waals surface area (Å²) in [6, 6.07) is 5.54. The SMILES string of the molecule is CCCCn1c(=O)ccc2cnc(Nc3ccc(F)c(C(F)(F)F)c3)nc21. The molecule has 0 unspecified atom stereocenters. The van der Waals surface area contributed by atoms with Gasteiger partial charge in [-0.25, -0.2) is 9.37 Å². The highest BCUT2D eigenvalue weighted by Crippen LogP contribution is 2.33. The zero-order valence-corrected chi connectivity index (χ0v) is 14.3. The molecular weight excluding hydrogens is 364 g/mol. The van der Waals surface area contributed by atoms with E-state index >= 15 is 0 Å². The zero-order valence-electron chi connectivity index (χ0n) is 14.3. The number of aryl methyl sites for hydroxylation is 1. The van der Waals surface area contributed by atoms with Gasteiger partial charge in [-0.05, 0) is 30.7 Å². The van der Waals surface area contributed by atoms with Gasteiger partial charge in [0.05, 0.1) is 5.56 Å². The molecular formula is C18H16F4N4O. The number of aromatic nitrogens is 3. The molecule has 3 aromatic rings. The molecule has 0 spiro atoms. The molecule has 0 bridgehead atoms. The second-order valence-corrected chi connectivity index (χ2v) is 5.97. The maximum absolute atomic E-state index is 13.4. The number of pyridine rings is 1. The van der Waals surface area contributed by atoms with E-state index in [4.69, 9.17) is 0 Å². The standard InChI is InChI=1S/C18H16F4N4O/c1-2-3-8-26-15(27)7-4-11-10-23-17(25-16(11)26)24-12-5-6-14(19)13(9-12)18(20,21)22/h4-7,9-10H,2-3,8H2,1H3,(H,23,24,25). The monoisotopic (exact) mass is 380 g/mol. The van der Waals surface area contributed by atoms with Crippen LogP contribution in [0.5, 0.6) is 0 Å². The molecule has 2 heterocycles. The Hall–Kier alpha value is -2.97. The smallest absolute Gasteiger partial charge is 0.324 e. The third-order valence-electron chi connectivity index (χ3n) is 3.99. The first kappa shape index (κ1) is 18.8. The largest absolute Gasteiger partial charge is 0.419 e. The summed E-state index contributed by atoms with van der Waals surface area (Å²) in [5, 5.41) is 3.27. The van der Waals surface area contributed by atoms with Crippen LogP contribution in [0.2, 0.25) is 0 Å². The highest BCUT2D eigenvalue weighted by atomic mass is 19.4. The van der Waals surface area contributed by atoms with E-state index in [-0.39, 0.29) is 17.2 Å². The Labute approximate surface area is 151 Å². The second kappa shape index (κ2) is 7.34. The third-order valence-corrected chi connectivity index (χ3v) is 3.99. The molecule has 1 aromatic carbocycles. The van der Waals surface area contributed by atoms with E-state index in [2.05, 4.69) is 15.3 Å². The van der Waals surface area contributed by atoms with Crippen LogP contribution in [-0.4, -0.2) is 14.5 Å². The number of rotatable bonds is 5. The van der Waals surface area contributed by atoms with Crippen LogP contribution in [0.3, 0.4) is 0 Å². The predicted octanol–water partition coefficient (Wildman–Crippen LogP) is 4.49. The Morgan fingerprint density at radius 3 is 2.67 bits per heavy atom. The van der Waals surface area contributed by atoms with Crippen LogP contribution in [0, 0.1) is 5.82 Å². The maximum atomic E-state index is 13.4. The van der Waals surface area contributed by atoms with Crippen molar-refractivity contribution in [2.24, 2.45) is 0 Å². The van der Waals surface area contributed by atoms with Gasteiger partial charge in [-0.15, -0.1) is 0 Å². The summed E-state index contributed by atoms with van der Waals surface area (Å²) in [7, 11) is 0. The number of alkyl halides is 3. The molecule has 0 amide bonds. The van der Waals surface area contributed by atoms with Crippen molar-refractivity contribution < 1.29 is 17.6 Å². The van der Waals surface area contributed by atoms with Crippen LogP contribution >= 0.6 is 0 Å². The molecule has 0 aliphatic carbocycles. The van der Waals surface area contributed by atoms with Gasteiger partial charge in [0.2, 0.25) is 5.95 Å². The molecule has 0 aliphatic heterocycles. The topological polar surface area (TPSA) is 59.8 Å². The molecule has 1 N–H and O–H groups in total. The van der Waals surface area contributed by atoms with E-state index in [0.29, 0.717) is 23.6 Å². The van der Waals surface area contributed by atoms with Gasteiger partial charge in [-0.3, -0.25) is 9.36 Å². The van der Waals surface area contributed by atoms with E-state index in [1.54, 1.807) is 6.07 Å². The molecule has 0 radical (unpaired) electrons. The van der Waals surface area contributed by atoms with Gasteiger partial charge in [-0.2, -0.15) is 18.2 Å². The first-order chi connectivity index (χ1) is 12.8. The number of anilines is 2. The van der Waals surface area contributed by atoms with Gasteiger partial charge >= 0.3 is 6.18 Å². The summed E-state index contributed by atoms with van der Waals surface area (Å²) >= 11 is 0. The van der Waals surface area contributed by atoms with Crippen LogP contribution < -0.4 is 10.9 Å². The normalized spacial score (nSPS) is 11.7. The van der Waals surface area contributed by atoms with Gasteiger partial charge < -0.3 is 5.32 Å². The average Bonchev–Trinajstić information content (AvgIpc) is 2.61. The molecule has 5 nitrogen and oxygen atoms in total. The van der Waals surface area contributed by atoms with Crippen molar-refractivity contribution in [3.8, 4) is 0 Å². The highest BCUT2D eigenvalue weighted by Gasteiger charge is 2.34. The first-order valence-corrected chi connectivity index (χ1v) is 8.30. The summed E-state index contributed by atoms with van der Waals surface area (Å²) in [5.41, 5.74) is -1.23. The number of nitrogens with one attached hydrogen (secondary N) is 1. The Kier molecular flexibility index (Phi) is 5.11. The Morgan fingerprint density at radius 1 is 1.19 bits per heavy atom. The molecule has 2 aromatic heterocycles. The number of nitrogens with zero attached hydrogens (tertiary/aromatic N) is 3. The van der Waals surface area contributed by atoms with E-state index in [1.807, 2.05) is 6.92 Å². The van der Waals surface area contributed by atoms with Crippen molar-refractivity contribution in [1.29, 1.82) is 0 Å². The summed E-state index contributed by atoms with van der Waals surface area (Å²) in [6.45, 7) is 2.46. The molecule has 3 rings (SSSR count). The number of hydrogen-bond acceptors (Lipinski definition) is 4. The minimum Gasteiger partial charge on any atom is -0.324 e. The highest BCUT2D eigenvalue weighted by molar-refractivity contribution is 5.75. The summed E-state index contributed by atoms with van der Waals surface area (Å²) < 4.78 is 53.5. The number of benzene rings is 1. The molecule has 0 saturated heterocycles. The van der Waals surface area contributed by atoms with Gasteiger partial charge in [-0.1, -0.05) is 13.3 Å². The van der Waals surface area contributed by atoms with Crippen LogP contribution in [0.15, 0.2) is 41.3 Å². The summed E-state index contributed by atoms with van der Waals surface area (Å²) in [5.74, 6) is -1.35. The van der Waals surface area contributed by atoms with Crippen molar-refractivity contribution in [1.82, 2.24) is 14.5 Å². The van der Waals surface area contributed by atoms with Crippen LogP contribution in [0.1, 0.15) is 25.3 Å². The average molecular weight is 380 g/mol. The minimum atomic E-state index is -4.81. The van der Waals surface area contributed by atoms with Crippen LogP contribution in [-0.2, 0) is 12.7 Å². The van der Waals surface area contributed by atoms with Gasteiger partial charge in [0.25, 0.3) is 5.56 Å². The van der Waals surface area contributed by atoms with Crippen LogP contribution in [0.4, 0.5) is 29.2 Å². The van der Waals surface area contributed by atoms with E-state index in [0.717, 1.165) is 25.0 Å². The Balaban J connectivity index is 2.00. The van der Waals surface area contributed by atoms with Gasteiger partial charge in [0.1, 0.15) is 11.5 Å². The number of fused-ring (bicyclic) bond motifs is 1. The van der Waals surface area contributed by atoms with Crippen molar-refractivity contribution in [2.45, 2.75) is 32.5 Å². The number of hydrogen-bond donors (Lipinski definition) is 1. The quantitative estimate of drug-likeness (QED) is 0.663. The lowest BCUT2D eigenvalue weighted by Gasteiger charge is -2.12. The number of unbranched alkanes of at least 4 members (excludes halogenated alkanes) is 1. The summed E-state index contributed by atoms with van der Waals surface area (Å²) in [4.78, 5) is 20.4. The lowest BCUT2D eigenvalue weighted by atomic mass is 10.2. The van der Waals surface area contributed by atoms with Crippen molar-refractivity contribution in [3.63, 3.8) is 0 Å². The molecule has 0 atom stereocenters. The molecule has 0 aliphatic rings. The lowest BCUT2D eigenvalue weighted by molar-refractivity contribution is -0.139. The number of halogens is 4. The summed E-state index contributed by atoms with van der Waals surface area (Å²) in [6.07, 6.45) is -1.68. The molecule has 9 heteroatoms. The molecule has 142 valence electrons. The third kappa shape index (κ3) is 4.07. The Morgan fingerprint density at radius 2 is 1.96 bits per heavy atom. The minimum absolute atomic E-state index is 0.0121. The zero-order chi connectivity index (χ0) is 19.6. The molecule has 0 fully saturated rings.